The Labute approximate surface area is 167 Å². The molecule has 3 rings (SSSR count). The van der Waals surface area contributed by atoms with Gasteiger partial charge in [-0.05, 0) is 63.3 Å². The molecule has 0 unspecified atom stereocenters. The SMILES string of the molecule is COc1ccc(-c2nc(=O)n(C(C)C)c3c2CCCCCCCC3)cc1OC. The van der Waals surface area contributed by atoms with E-state index >= 15 is 0 Å². The third-order valence-corrected chi connectivity index (χ3v) is 5.60. The first-order chi connectivity index (χ1) is 13.6. The van der Waals surface area contributed by atoms with Gasteiger partial charge in [0.1, 0.15) is 0 Å². The highest BCUT2D eigenvalue weighted by molar-refractivity contribution is 5.67. The van der Waals surface area contributed by atoms with Crippen LogP contribution < -0.4 is 15.2 Å². The highest BCUT2D eigenvalue weighted by Crippen LogP contribution is 2.34. The number of rotatable bonds is 4. The Kier molecular flexibility index (Phi) is 6.76. The van der Waals surface area contributed by atoms with Crippen LogP contribution in [0.4, 0.5) is 0 Å². The molecule has 0 aliphatic heterocycles. The minimum Gasteiger partial charge on any atom is -0.493 e. The lowest BCUT2D eigenvalue weighted by atomic mass is 9.93. The normalized spacial score (nSPS) is 15.2. The molecule has 0 radical (unpaired) electrons. The van der Waals surface area contributed by atoms with Crippen molar-refractivity contribution in [2.24, 2.45) is 0 Å². The van der Waals surface area contributed by atoms with Gasteiger partial charge in [0.15, 0.2) is 11.5 Å². The van der Waals surface area contributed by atoms with Crippen molar-refractivity contribution in [2.75, 3.05) is 14.2 Å². The van der Waals surface area contributed by atoms with Crippen molar-refractivity contribution in [1.29, 1.82) is 0 Å². The summed E-state index contributed by atoms with van der Waals surface area (Å²) in [6, 6.07) is 5.90. The summed E-state index contributed by atoms with van der Waals surface area (Å²) < 4.78 is 12.8. The van der Waals surface area contributed by atoms with Crippen molar-refractivity contribution in [1.82, 2.24) is 9.55 Å². The second-order valence-corrected chi connectivity index (χ2v) is 7.82. The zero-order chi connectivity index (χ0) is 20.1. The fraction of sp³-hybridized carbons (Fsp3) is 0.565. The molecule has 0 bridgehead atoms. The fourth-order valence-electron chi connectivity index (χ4n) is 4.20. The highest BCUT2D eigenvalue weighted by Gasteiger charge is 2.21. The van der Waals surface area contributed by atoms with Crippen LogP contribution in [0, 0.1) is 0 Å². The Balaban J connectivity index is 2.20. The van der Waals surface area contributed by atoms with Gasteiger partial charge >= 0.3 is 5.69 Å². The second-order valence-electron chi connectivity index (χ2n) is 7.82. The number of hydrogen-bond acceptors (Lipinski definition) is 4. The number of fused-ring (bicyclic) bond motifs is 1. The van der Waals surface area contributed by atoms with Crippen molar-refractivity contribution in [3.05, 3.63) is 39.9 Å². The molecule has 1 aliphatic rings. The van der Waals surface area contributed by atoms with E-state index in [0.717, 1.165) is 36.9 Å². The van der Waals surface area contributed by atoms with Crippen LogP contribution in [-0.4, -0.2) is 23.8 Å². The molecule has 5 heteroatoms. The van der Waals surface area contributed by atoms with E-state index in [1.807, 2.05) is 22.8 Å². The van der Waals surface area contributed by atoms with Crippen LogP contribution >= 0.6 is 0 Å². The Bertz CT molecular complexity index is 871. The maximum Gasteiger partial charge on any atom is 0.348 e. The lowest BCUT2D eigenvalue weighted by Gasteiger charge is -2.23. The van der Waals surface area contributed by atoms with E-state index in [0.29, 0.717) is 11.5 Å². The lowest BCUT2D eigenvalue weighted by molar-refractivity contribution is 0.355. The number of aromatic nitrogens is 2. The topological polar surface area (TPSA) is 53.3 Å². The Hall–Kier alpha value is -2.30. The maximum atomic E-state index is 13.0. The molecule has 1 aromatic carbocycles. The lowest BCUT2D eigenvalue weighted by Crippen LogP contribution is -2.30. The second kappa shape index (κ2) is 9.26. The van der Waals surface area contributed by atoms with Gasteiger partial charge in [-0.25, -0.2) is 4.79 Å². The first kappa shape index (κ1) is 20.4. The molecule has 0 saturated carbocycles. The summed E-state index contributed by atoms with van der Waals surface area (Å²) in [6.07, 6.45) is 9.17. The molecule has 152 valence electrons. The third kappa shape index (κ3) is 4.23. The molecule has 0 atom stereocenters. The van der Waals surface area contributed by atoms with E-state index < -0.39 is 0 Å². The molecule has 2 aromatic rings. The predicted octanol–water partition coefficient (Wildman–Crippen LogP) is 4.95. The Morgan fingerprint density at radius 1 is 0.929 bits per heavy atom. The molecule has 1 aromatic heterocycles. The molecule has 0 N–H and O–H groups in total. The summed E-state index contributed by atoms with van der Waals surface area (Å²) >= 11 is 0. The standard InChI is InChI=1S/C23H32N2O3/c1-16(2)25-19-12-10-8-6-5-7-9-11-18(19)22(24-23(25)26)17-13-14-20(27-3)21(15-17)28-4/h13-16H,5-12H2,1-4H3. The van der Waals surface area contributed by atoms with Crippen LogP contribution in [0.3, 0.4) is 0 Å². The molecule has 0 spiro atoms. The fourth-order valence-corrected chi connectivity index (χ4v) is 4.20. The van der Waals surface area contributed by atoms with Crippen LogP contribution in [-0.2, 0) is 12.8 Å². The van der Waals surface area contributed by atoms with Gasteiger partial charge in [-0.3, -0.25) is 4.57 Å². The van der Waals surface area contributed by atoms with Crippen LogP contribution in [0.1, 0.15) is 69.7 Å². The molecule has 0 saturated heterocycles. The number of ether oxygens (including phenoxy) is 2. The Morgan fingerprint density at radius 2 is 1.57 bits per heavy atom. The minimum atomic E-state index is -0.157. The van der Waals surface area contributed by atoms with E-state index in [2.05, 4.69) is 18.8 Å². The molecule has 0 amide bonds. The minimum absolute atomic E-state index is 0.108. The van der Waals surface area contributed by atoms with Gasteiger partial charge in [0, 0.05) is 17.3 Å². The van der Waals surface area contributed by atoms with E-state index in [1.54, 1.807) is 14.2 Å². The molecular formula is C23H32N2O3. The number of nitrogens with zero attached hydrogens (tertiary/aromatic N) is 2. The molecule has 1 heterocycles. The zero-order valence-corrected chi connectivity index (χ0v) is 17.6. The van der Waals surface area contributed by atoms with Crippen LogP contribution in [0.15, 0.2) is 23.0 Å². The largest absolute Gasteiger partial charge is 0.493 e. The number of methoxy groups -OCH3 is 2. The summed E-state index contributed by atoms with van der Waals surface area (Å²) in [7, 11) is 3.26. The third-order valence-electron chi connectivity index (χ3n) is 5.60. The highest BCUT2D eigenvalue weighted by atomic mass is 16.5. The molecule has 28 heavy (non-hydrogen) atoms. The zero-order valence-electron chi connectivity index (χ0n) is 17.6. The summed E-state index contributed by atoms with van der Waals surface area (Å²) in [5.74, 6) is 1.33. The first-order valence-corrected chi connectivity index (χ1v) is 10.4. The quantitative estimate of drug-likeness (QED) is 0.749. The summed E-state index contributed by atoms with van der Waals surface area (Å²) in [6.45, 7) is 4.14. The van der Waals surface area contributed by atoms with Crippen molar-refractivity contribution in [3.63, 3.8) is 0 Å². The number of benzene rings is 1. The van der Waals surface area contributed by atoms with Crippen molar-refractivity contribution < 1.29 is 9.47 Å². The maximum absolute atomic E-state index is 13.0. The van der Waals surface area contributed by atoms with Gasteiger partial charge in [0.25, 0.3) is 0 Å². The van der Waals surface area contributed by atoms with Gasteiger partial charge in [0.05, 0.1) is 19.9 Å². The average Bonchev–Trinajstić information content (AvgIpc) is 2.70. The van der Waals surface area contributed by atoms with Gasteiger partial charge < -0.3 is 9.47 Å². The van der Waals surface area contributed by atoms with Gasteiger partial charge in [-0.1, -0.05) is 25.7 Å². The van der Waals surface area contributed by atoms with Gasteiger partial charge in [-0.2, -0.15) is 4.98 Å². The van der Waals surface area contributed by atoms with Crippen molar-refractivity contribution in [3.8, 4) is 22.8 Å². The van der Waals surface area contributed by atoms with E-state index in [1.165, 1.54) is 36.9 Å². The average molecular weight is 385 g/mol. The van der Waals surface area contributed by atoms with E-state index in [-0.39, 0.29) is 11.7 Å². The monoisotopic (exact) mass is 384 g/mol. The summed E-state index contributed by atoms with van der Waals surface area (Å²) in [4.78, 5) is 17.5. The number of hydrogen-bond donors (Lipinski definition) is 0. The Morgan fingerprint density at radius 3 is 2.21 bits per heavy atom. The van der Waals surface area contributed by atoms with E-state index in [9.17, 15) is 4.79 Å². The van der Waals surface area contributed by atoms with Crippen LogP contribution in [0.25, 0.3) is 11.3 Å². The van der Waals surface area contributed by atoms with Crippen LogP contribution in [0.5, 0.6) is 11.5 Å². The van der Waals surface area contributed by atoms with Crippen molar-refractivity contribution >= 4 is 0 Å². The molecule has 0 fully saturated rings. The first-order valence-electron chi connectivity index (χ1n) is 10.4. The molecule has 5 nitrogen and oxygen atoms in total. The molecule has 1 aliphatic carbocycles. The summed E-state index contributed by atoms with van der Waals surface area (Å²) in [5, 5.41) is 0. The molecular weight excluding hydrogens is 352 g/mol. The predicted molar refractivity (Wildman–Crippen MR) is 113 cm³/mol. The van der Waals surface area contributed by atoms with Crippen LogP contribution in [0.2, 0.25) is 0 Å². The summed E-state index contributed by atoms with van der Waals surface area (Å²) in [5.41, 5.74) is 3.96. The smallest absolute Gasteiger partial charge is 0.348 e. The van der Waals surface area contributed by atoms with E-state index in [4.69, 9.17) is 9.47 Å². The van der Waals surface area contributed by atoms with Gasteiger partial charge in [-0.15, -0.1) is 0 Å². The van der Waals surface area contributed by atoms with Crippen molar-refractivity contribution in [2.45, 2.75) is 71.3 Å². The van der Waals surface area contributed by atoms with Gasteiger partial charge in [0.2, 0.25) is 0 Å².